The van der Waals surface area contributed by atoms with Crippen molar-refractivity contribution in [1.82, 2.24) is 24.9 Å². The molecule has 0 bridgehead atoms. The molecule has 8 aromatic carbocycles. The van der Waals surface area contributed by atoms with Crippen LogP contribution < -0.4 is 0 Å². The molecule has 294 valence electrons. The normalized spacial score (nSPS) is 11.8. The molecule has 0 radical (unpaired) electrons. The molecule has 0 amide bonds. The second kappa shape index (κ2) is 14.6. The van der Waals surface area contributed by atoms with Crippen molar-refractivity contribution < 1.29 is 0 Å². The molecule has 0 N–H and O–H groups in total. The van der Waals surface area contributed by atoms with Gasteiger partial charge in [0.2, 0.25) is 0 Å². The molecule has 0 saturated heterocycles. The lowest BCUT2D eigenvalue weighted by molar-refractivity contribution is 1.08. The summed E-state index contributed by atoms with van der Waals surface area (Å²) in [5, 5.41) is 6.00. The van der Waals surface area contributed by atoms with Gasteiger partial charge in [0.05, 0.1) is 15.9 Å². The smallest absolute Gasteiger partial charge is 0.164 e. The van der Waals surface area contributed by atoms with Gasteiger partial charge in [-0.25, -0.2) is 24.9 Å². The summed E-state index contributed by atoms with van der Waals surface area (Å²) in [6.45, 7) is 0. The Hall–Kier alpha value is -7.49. The van der Waals surface area contributed by atoms with Crippen molar-refractivity contribution in [1.29, 1.82) is 0 Å². The third kappa shape index (κ3) is 6.06. The van der Waals surface area contributed by atoms with Gasteiger partial charge in [0.25, 0.3) is 0 Å². The van der Waals surface area contributed by atoms with E-state index in [0.717, 1.165) is 71.3 Å². The summed E-state index contributed by atoms with van der Waals surface area (Å²) in [4.78, 5) is 26.1. The quantitative estimate of drug-likeness (QED) is 0.167. The van der Waals surface area contributed by atoms with Gasteiger partial charge in [-0.2, -0.15) is 0 Å². The van der Waals surface area contributed by atoms with Crippen LogP contribution in [0.2, 0.25) is 0 Å². The summed E-state index contributed by atoms with van der Waals surface area (Å²) in [6, 6.07) is 66.1. The van der Waals surface area contributed by atoms with Crippen LogP contribution in [0.25, 0.3) is 129 Å². The zero-order valence-corrected chi connectivity index (χ0v) is 35.8. The molecule has 0 unspecified atom stereocenters. The molecule has 0 saturated carbocycles. The zero-order valence-electron chi connectivity index (χ0n) is 33.4. The van der Waals surface area contributed by atoms with Gasteiger partial charge in [-0.1, -0.05) is 158 Å². The number of aromatic nitrogens is 5. The summed E-state index contributed by atoms with van der Waals surface area (Å²) >= 11 is 5.38. The summed E-state index contributed by atoms with van der Waals surface area (Å²) in [5.74, 6) is 2.63. The first-order valence-corrected chi connectivity index (χ1v) is 23.2. The Morgan fingerprint density at radius 3 is 1.67 bits per heavy atom. The largest absolute Gasteiger partial charge is 0.226 e. The molecule has 0 aliphatic carbocycles. The van der Waals surface area contributed by atoms with E-state index >= 15 is 0 Å². The SMILES string of the molecule is c1ccc(-c2nc(-c3cccc(-c4cccc5c4sc4ccccc45)c3)nc(-c3cccc4sc5cc(-c6nc(-c7ccccc7)nc7c6sc6ccccc67)ccc5c34)n2)cc1. The Morgan fingerprint density at radius 2 is 0.857 bits per heavy atom. The van der Waals surface area contributed by atoms with Gasteiger partial charge in [-0.15, -0.1) is 34.0 Å². The average molecular weight is 858 g/mol. The number of hydrogen-bond donors (Lipinski definition) is 0. The van der Waals surface area contributed by atoms with Crippen LogP contribution in [0.1, 0.15) is 0 Å². The number of thiophene rings is 3. The van der Waals surface area contributed by atoms with Crippen LogP contribution in [0.5, 0.6) is 0 Å². The maximum Gasteiger partial charge on any atom is 0.164 e. The fourth-order valence-corrected chi connectivity index (χ4v) is 12.4. The van der Waals surface area contributed by atoms with Crippen molar-refractivity contribution in [3.05, 3.63) is 188 Å². The van der Waals surface area contributed by atoms with Gasteiger partial charge >= 0.3 is 0 Å². The maximum atomic E-state index is 5.30. The molecule has 0 fully saturated rings. The molecule has 5 nitrogen and oxygen atoms in total. The van der Waals surface area contributed by atoms with Gasteiger partial charge in [-0.3, -0.25) is 0 Å². The van der Waals surface area contributed by atoms with Crippen molar-refractivity contribution in [3.8, 4) is 67.9 Å². The molecule has 13 rings (SSSR count). The molecular weight excluding hydrogens is 827 g/mol. The van der Waals surface area contributed by atoms with E-state index in [-0.39, 0.29) is 0 Å². The lowest BCUT2D eigenvalue weighted by Crippen LogP contribution is -2.00. The van der Waals surface area contributed by atoms with Crippen LogP contribution in [0.3, 0.4) is 0 Å². The standard InChI is InChI=1S/C55H31N5S3/c1-3-14-32(15-4-1)52-56-48(51-49(57-52)41-21-8-10-26-44(41)63-51)35-28-29-40-46(31-35)61-45-27-13-24-42(47(40)45)55-59-53(33-16-5-2-6-17-33)58-54(60-55)36-19-11-18-34(30-36)37-22-12-23-39-38-20-7-9-25-43(38)62-50(37)39/h1-31H. The summed E-state index contributed by atoms with van der Waals surface area (Å²) in [5.41, 5.74) is 9.16. The van der Waals surface area contributed by atoms with E-state index in [4.69, 9.17) is 24.9 Å². The highest BCUT2D eigenvalue weighted by molar-refractivity contribution is 7.27. The highest BCUT2D eigenvalue weighted by atomic mass is 32.1. The first kappa shape index (κ1) is 36.2. The van der Waals surface area contributed by atoms with Gasteiger partial charge in [0, 0.05) is 78.2 Å². The summed E-state index contributed by atoms with van der Waals surface area (Å²) in [7, 11) is 0. The first-order chi connectivity index (χ1) is 31.2. The van der Waals surface area contributed by atoms with E-state index in [2.05, 4.69) is 152 Å². The van der Waals surface area contributed by atoms with Crippen molar-refractivity contribution in [2.45, 2.75) is 0 Å². The number of benzene rings is 8. The van der Waals surface area contributed by atoms with E-state index in [1.807, 2.05) is 47.7 Å². The Bertz CT molecular complexity index is 3930. The summed E-state index contributed by atoms with van der Waals surface area (Å²) < 4.78 is 7.20. The van der Waals surface area contributed by atoms with E-state index in [1.165, 1.54) is 39.8 Å². The number of fused-ring (bicyclic) bond motifs is 9. The van der Waals surface area contributed by atoms with Gasteiger partial charge in [-0.05, 0) is 41.5 Å². The lowest BCUT2D eigenvalue weighted by atomic mass is 10.0. The first-order valence-electron chi connectivity index (χ1n) is 20.7. The highest BCUT2D eigenvalue weighted by Gasteiger charge is 2.21. The van der Waals surface area contributed by atoms with Crippen LogP contribution in [0.15, 0.2) is 188 Å². The molecule has 0 atom stereocenters. The Morgan fingerprint density at radius 1 is 0.286 bits per heavy atom. The topological polar surface area (TPSA) is 64.5 Å². The minimum atomic E-state index is 0.633. The number of hydrogen-bond acceptors (Lipinski definition) is 8. The Kier molecular flexibility index (Phi) is 8.37. The molecule has 0 spiro atoms. The van der Waals surface area contributed by atoms with Crippen LogP contribution in [-0.2, 0) is 0 Å². The predicted molar refractivity (Wildman–Crippen MR) is 267 cm³/mol. The molecular formula is C55H31N5S3. The van der Waals surface area contributed by atoms with E-state index < -0.39 is 0 Å². The van der Waals surface area contributed by atoms with E-state index in [9.17, 15) is 0 Å². The minimum absolute atomic E-state index is 0.633. The monoisotopic (exact) mass is 857 g/mol. The van der Waals surface area contributed by atoms with Gasteiger partial charge in [0.1, 0.15) is 0 Å². The predicted octanol–water partition coefficient (Wildman–Crippen LogP) is 15.8. The molecule has 8 heteroatoms. The molecule has 5 heterocycles. The van der Waals surface area contributed by atoms with Crippen LogP contribution in [0.4, 0.5) is 0 Å². The fraction of sp³-hybridized carbons (Fsp3) is 0. The van der Waals surface area contributed by atoms with Crippen molar-refractivity contribution in [3.63, 3.8) is 0 Å². The van der Waals surface area contributed by atoms with Crippen molar-refractivity contribution >= 4 is 94.7 Å². The fourth-order valence-electron chi connectivity index (χ4n) is 8.80. The Balaban J connectivity index is 0.969. The molecule has 63 heavy (non-hydrogen) atoms. The van der Waals surface area contributed by atoms with E-state index in [0.29, 0.717) is 17.5 Å². The lowest BCUT2D eigenvalue weighted by Gasteiger charge is -2.11. The van der Waals surface area contributed by atoms with Crippen LogP contribution >= 0.6 is 34.0 Å². The van der Waals surface area contributed by atoms with Gasteiger partial charge < -0.3 is 0 Å². The second-order valence-corrected chi connectivity index (χ2v) is 18.8. The number of rotatable bonds is 6. The molecule has 5 aromatic heterocycles. The average Bonchev–Trinajstić information content (AvgIpc) is 4.05. The Labute approximate surface area is 373 Å². The molecule has 0 aliphatic heterocycles. The third-order valence-corrected chi connectivity index (χ3v) is 15.3. The highest BCUT2D eigenvalue weighted by Crippen LogP contribution is 2.45. The second-order valence-electron chi connectivity index (χ2n) is 15.6. The van der Waals surface area contributed by atoms with Crippen LogP contribution in [-0.4, -0.2) is 24.9 Å². The number of nitrogens with zero attached hydrogens (tertiary/aromatic N) is 5. The maximum absolute atomic E-state index is 5.30. The minimum Gasteiger partial charge on any atom is -0.226 e. The molecule has 13 aromatic rings. The third-order valence-electron chi connectivity index (χ3n) is 11.8. The molecule has 0 aliphatic rings. The van der Waals surface area contributed by atoms with E-state index in [1.54, 1.807) is 22.7 Å². The van der Waals surface area contributed by atoms with Gasteiger partial charge in [0.15, 0.2) is 23.3 Å². The summed E-state index contributed by atoms with van der Waals surface area (Å²) in [6.07, 6.45) is 0. The van der Waals surface area contributed by atoms with Crippen molar-refractivity contribution in [2.24, 2.45) is 0 Å². The zero-order chi connectivity index (χ0) is 41.4. The van der Waals surface area contributed by atoms with Crippen LogP contribution in [0, 0.1) is 0 Å². The van der Waals surface area contributed by atoms with Crippen molar-refractivity contribution in [2.75, 3.05) is 0 Å².